The van der Waals surface area contributed by atoms with Crippen molar-refractivity contribution in [1.29, 1.82) is 0 Å². The van der Waals surface area contributed by atoms with E-state index in [1.54, 1.807) is 55.9 Å². The average molecular weight is 396 g/mol. The Morgan fingerprint density at radius 2 is 1.97 bits per heavy atom. The SMILES string of the molecule is CCOc1cccc(C(O)=C2C(=O)C(=O)N(CCCOC)[C@@H]2c2ccncc2)c1. The fourth-order valence-corrected chi connectivity index (χ4v) is 3.44. The smallest absolute Gasteiger partial charge is 0.295 e. The molecule has 1 aromatic carbocycles. The molecule has 7 nitrogen and oxygen atoms in total. The van der Waals surface area contributed by atoms with E-state index < -0.39 is 17.7 Å². The summed E-state index contributed by atoms with van der Waals surface area (Å²) in [4.78, 5) is 31.1. The van der Waals surface area contributed by atoms with Gasteiger partial charge in [0.25, 0.3) is 11.7 Å². The summed E-state index contributed by atoms with van der Waals surface area (Å²) in [6.45, 7) is 3.14. The van der Waals surface area contributed by atoms with Gasteiger partial charge in [-0.25, -0.2) is 0 Å². The van der Waals surface area contributed by atoms with Gasteiger partial charge in [0, 0.05) is 38.2 Å². The molecule has 2 heterocycles. The highest BCUT2D eigenvalue weighted by molar-refractivity contribution is 6.46. The summed E-state index contributed by atoms with van der Waals surface area (Å²) in [6.07, 6.45) is 3.77. The number of hydrogen-bond donors (Lipinski definition) is 1. The lowest BCUT2D eigenvalue weighted by atomic mass is 9.96. The van der Waals surface area contributed by atoms with Crippen molar-refractivity contribution in [1.82, 2.24) is 9.88 Å². The Morgan fingerprint density at radius 1 is 1.21 bits per heavy atom. The number of ketones is 1. The average Bonchev–Trinajstić information content (AvgIpc) is 2.99. The normalized spacial score (nSPS) is 18.3. The number of methoxy groups -OCH3 is 1. The van der Waals surface area contributed by atoms with Crippen molar-refractivity contribution in [3.8, 4) is 5.75 Å². The first-order valence-electron chi connectivity index (χ1n) is 9.49. The third-order valence-corrected chi connectivity index (χ3v) is 4.73. The molecule has 1 aliphatic rings. The van der Waals surface area contributed by atoms with Crippen LogP contribution in [-0.4, -0.2) is 53.5 Å². The number of nitrogens with zero attached hydrogens (tertiary/aromatic N) is 2. The van der Waals surface area contributed by atoms with Gasteiger partial charge in [-0.15, -0.1) is 0 Å². The van der Waals surface area contributed by atoms with E-state index in [-0.39, 0.29) is 11.3 Å². The second-order valence-electron chi connectivity index (χ2n) is 6.58. The Bertz CT molecular complexity index is 910. The number of benzene rings is 1. The molecule has 7 heteroatoms. The van der Waals surface area contributed by atoms with E-state index in [4.69, 9.17) is 9.47 Å². The molecule has 1 N–H and O–H groups in total. The minimum absolute atomic E-state index is 0.0623. The molecular weight excluding hydrogens is 372 g/mol. The minimum Gasteiger partial charge on any atom is -0.507 e. The van der Waals surface area contributed by atoms with Crippen LogP contribution in [0.25, 0.3) is 5.76 Å². The van der Waals surface area contributed by atoms with Crippen LogP contribution in [0.4, 0.5) is 0 Å². The lowest BCUT2D eigenvalue weighted by molar-refractivity contribution is -0.140. The van der Waals surface area contributed by atoms with Gasteiger partial charge < -0.3 is 19.5 Å². The van der Waals surface area contributed by atoms with Crippen LogP contribution in [0, 0.1) is 0 Å². The zero-order valence-corrected chi connectivity index (χ0v) is 16.5. The van der Waals surface area contributed by atoms with Crippen LogP contribution in [0.3, 0.4) is 0 Å². The van der Waals surface area contributed by atoms with Crippen molar-refractivity contribution < 1.29 is 24.2 Å². The fourth-order valence-electron chi connectivity index (χ4n) is 3.44. The molecule has 0 radical (unpaired) electrons. The van der Waals surface area contributed by atoms with Crippen LogP contribution in [0.15, 0.2) is 54.4 Å². The molecule has 3 rings (SSSR count). The van der Waals surface area contributed by atoms with Crippen molar-refractivity contribution in [2.45, 2.75) is 19.4 Å². The van der Waals surface area contributed by atoms with E-state index in [0.717, 1.165) is 0 Å². The Labute approximate surface area is 169 Å². The number of amides is 1. The lowest BCUT2D eigenvalue weighted by Gasteiger charge is -2.25. The predicted octanol–water partition coefficient (Wildman–Crippen LogP) is 2.94. The number of aliphatic hydroxyl groups excluding tert-OH is 1. The molecule has 0 spiro atoms. The van der Waals surface area contributed by atoms with Gasteiger partial charge in [0.15, 0.2) is 0 Å². The molecule has 1 amide bonds. The molecule has 1 aromatic heterocycles. The van der Waals surface area contributed by atoms with Gasteiger partial charge in [-0.3, -0.25) is 14.6 Å². The summed E-state index contributed by atoms with van der Waals surface area (Å²) in [7, 11) is 1.58. The van der Waals surface area contributed by atoms with Gasteiger partial charge in [-0.2, -0.15) is 0 Å². The van der Waals surface area contributed by atoms with E-state index in [2.05, 4.69) is 4.98 Å². The van der Waals surface area contributed by atoms with Gasteiger partial charge in [0.2, 0.25) is 0 Å². The monoisotopic (exact) mass is 396 g/mol. The standard InChI is InChI=1S/C22H24N2O5/c1-3-29-17-7-4-6-16(14-17)20(25)18-19(15-8-10-23-11-9-15)24(12-5-13-28-2)22(27)21(18)26/h4,6-11,14,19,25H,3,5,12-13H2,1-2H3/t19-/m1/s1. The molecule has 1 atom stereocenters. The summed E-state index contributed by atoms with van der Waals surface area (Å²) in [5, 5.41) is 11.0. The molecule has 152 valence electrons. The molecule has 1 fully saturated rings. The molecule has 0 saturated carbocycles. The van der Waals surface area contributed by atoms with Crippen LogP contribution < -0.4 is 4.74 Å². The maximum Gasteiger partial charge on any atom is 0.295 e. The van der Waals surface area contributed by atoms with Gasteiger partial charge in [-0.05, 0) is 43.2 Å². The van der Waals surface area contributed by atoms with Gasteiger partial charge in [0.1, 0.15) is 11.5 Å². The fraction of sp³-hybridized carbons (Fsp3) is 0.318. The maximum atomic E-state index is 12.9. The summed E-state index contributed by atoms with van der Waals surface area (Å²) < 4.78 is 10.6. The largest absolute Gasteiger partial charge is 0.507 e. The highest BCUT2D eigenvalue weighted by atomic mass is 16.5. The number of rotatable bonds is 8. The Balaban J connectivity index is 2.08. The first kappa shape index (κ1) is 20.5. The van der Waals surface area contributed by atoms with Crippen molar-refractivity contribution in [2.75, 3.05) is 26.9 Å². The molecule has 1 saturated heterocycles. The summed E-state index contributed by atoms with van der Waals surface area (Å²) in [5.74, 6) is -0.985. The van der Waals surface area contributed by atoms with Crippen molar-refractivity contribution >= 4 is 17.4 Å². The number of aromatic nitrogens is 1. The number of Topliss-reactive ketones (excluding diaryl/α,β-unsaturated/α-hetero) is 1. The van der Waals surface area contributed by atoms with Crippen LogP contribution in [0.5, 0.6) is 5.75 Å². The number of likely N-dealkylation sites (tertiary alicyclic amines) is 1. The van der Waals surface area contributed by atoms with Crippen molar-refractivity contribution in [3.05, 3.63) is 65.5 Å². The third kappa shape index (κ3) is 4.30. The van der Waals surface area contributed by atoms with Crippen molar-refractivity contribution in [2.24, 2.45) is 0 Å². The molecular formula is C22H24N2O5. The molecule has 0 unspecified atom stereocenters. The number of carbonyl (C=O) groups excluding carboxylic acids is 2. The van der Waals surface area contributed by atoms with Gasteiger partial charge in [-0.1, -0.05) is 12.1 Å². The summed E-state index contributed by atoms with van der Waals surface area (Å²) in [6, 6.07) is 9.62. The zero-order valence-electron chi connectivity index (χ0n) is 16.5. The van der Waals surface area contributed by atoms with E-state index in [9.17, 15) is 14.7 Å². The first-order chi connectivity index (χ1) is 14.1. The van der Waals surface area contributed by atoms with Crippen LogP contribution >= 0.6 is 0 Å². The number of aliphatic hydroxyl groups is 1. The van der Waals surface area contributed by atoms with Crippen LogP contribution in [-0.2, 0) is 14.3 Å². The third-order valence-electron chi connectivity index (χ3n) is 4.73. The van der Waals surface area contributed by atoms with Crippen LogP contribution in [0.2, 0.25) is 0 Å². The number of pyridine rings is 1. The topological polar surface area (TPSA) is 89.0 Å². The van der Waals surface area contributed by atoms with Gasteiger partial charge >= 0.3 is 0 Å². The van der Waals surface area contributed by atoms with E-state index >= 15 is 0 Å². The first-order valence-corrected chi connectivity index (χ1v) is 9.49. The molecule has 0 bridgehead atoms. The predicted molar refractivity (Wildman–Crippen MR) is 107 cm³/mol. The zero-order chi connectivity index (χ0) is 20.8. The molecule has 1 aliphatic heterocycles. The quantitative estimate of drug-likeness (QED) is 0.319. The minimum atomic E-state index is -0.705. The summed E-state index contributed by atoms with van der Waals surface area (Å²) >= 11 is 0. The highest BCUT2D eigenvalue weighted by Gasteiger charge is 2.45. The summed E-state index contributed by atoms with van der Waals surface area (Å²) in [5.41, 5.74) is 1.19. The number of ether oxygens (including phenoxy) is 2. The molecule has 2 aromatic rings. The Kier molecular flexibility index (Phi) is 6.61. The second-order valence-corrected chi connectivity index (χ2v) is 6.58. The van der Waals surface area contributed by atoms with E-state index in [0.29, 0.717) is 43.1 Å². The number of carbonyl (C=O) groups is 2. The second kappa shape index (κ2) is 9.34. The Morgan fingerprint density at radius 3 is 2.66 bits per heavy atom. The van der Waals surface area contributed by atoms with E-state index in [1.807, 2.05) is 6.92 Å². The molecule has 29 heavy (non-hydrogen) atoms. The van der Waals surface area contributed by atoms with Gasteiger partial charge in [0.05, 0.1) is 18.2 Å². The number of hydrogen-bond acceptors (Lipinski definition) is 6. The van der Waals surface area contributed by atoms with Crippen molar-refractivity contribution in [3.63, 3.8) is 0 Å². The molecule has 0 aliphatic carbocycles. The van der Waals surface area contributed by atoms with Crippen LogP contribution in [0.1, 0.15) is 30.5 Å². The lowest BCUT2D eigenvalue weighted by Crippen LogP contribution is -2.31. The Hall–Kier alpha value is -3.19. The highest BCUT2D eigenvalue weighted by Crippen LogP contribution is 2.39. The maximum absolute atomic E-state index is 12.9. The van der Waals surface area contributed by atoms with E-state index in [1.165, 1.54) is 4.90 Å².